The Kier molecular flexibility index (Phi) is 12.7. The highest BCUT2D eigenvalue weighted by atomic mass is 16.5. The van der Waals surface area contributed by atoms with Crippen LogP contribution < -0.4 is 10.6 Å². The van der Waals surface area contributed by atoms with Crippen molar-refractivity contribution in [1.29, 1.82) is 0 Å². The minimum Gasteiger partial charge on any atom is -0.366 e. The van der Waals surface area contributed by atoms with Crippen LogP contribution in [0.5, 0.6) is 0 Å². The van der Waals surface area contributed by atoms with E-state index in [-0.39, 0.29) is 12.6 Å². The monoisotopic (exact) mass is 386 g/mol. The topological polar surface area (TPSA) is 67.4 Å². The first kappa shape index (κ1) is 23.9. The summed E-state index contributed by atoms with van der Waals surface area (Å²) >= 11 is 0. The van der Waals surface area contributed by atoms with Gasteiger partial charge in [-0.1, -0.05) is 57.8 Å². The van der Waals surface area contributed by atoms with E-state index in [1.165, 1.54) is 44.9 Å². The third-order valence-electron chi connectivity index (χ3n) is 4.58. The molecule has 0 aliphatic carbocycles. The SMILES string of the molecule is C#Cc1ccc(C(=O)NC(=O)C(C)NCOCCCCCCCCCC)cc1. The van der Waals surface area contributed by atoms with Gasteiger partial charge in [-0.2, -0.15) is 0 Å². The Balaban J connectivity index is 2.09. The van der Waals surface area contributed by atoms with Crippen molar-refractivity contribution in [2.75, 3.05) is 13.3 Å². The molecule has 1 aromatic carbocycles. The fraction of sp³-hybridized carbons (Fsp3) is 0.565. The lowest BCUT2D eigenvalue weighted by atomic mass is 10.1. The number of terminal acetylenes is 1. The summed E-state index contributed by atoms with van der Waals surface area (Å²) in [6, 6.07) is 6.01. The van der Waals surface area contributed by atoms with E-state index in [0.29, 0.717) is 17.7 Å². The van der Waals surface area contributed by atoms with Gasteiger partial charge in [-0.15, -0.1) is 6.42 Å². The van der Waals surface area contributed by atoms with Gasteiger partial charge < -0.3 is 4.74 Å². The van der Waals surface area contributed by atoms with Gasteiger partial charge in [0.1, 0.15) is 0 Å². The summed E-state index contributed by atoms with van der Waals surface area (Å²) in [6.07, 6.45) is 15.3. The minimum atomic E-state index is -0.521. The van der Waals surface area contributed by atoms with Crippen molar-refractivity contribution >= 4 is 11.8 Å². The molecular weight excluding hydrogens is 352 g/mol. The van der Waals surface area contributed by atoms with E-state index in [2.05, 4.69) is 23.5 Å². The Morgan fingerprint density at radius 2 is 1.64 bits per heavy atom. The molecular formula is C23H34N2O3. The van der Waals surface area contributed by atoms with Gasteiger partial charge in [-0.05, 0) is 37.6 Å². The van der Waals surface area contributed by atoms with Gasteiger partial charge >= 0.3 is 0 Å². The zero-order valence-electron chi connectivity index (χ0n) is 17.3. The smallest absolute Gasteiger partial charge is 0.257 e. The Morgan fingerprint density at radius 1 is 1.04 bits per heavy atom. The second-order valence-corrected chi connectivity index (χ2v) is 6.99. The predicted molar refractivity (Wildman–Crippen MR) is 113 cm³/mol. The number of carbonyl (C=O) groups excluding carboxylic acids is 2. The van der Waals surface area contributed by atoms with Crippen molar-refractivity contribution in [2.24, 2.45) is 0 Å². The summed E-state index contributed by atoms with van der Waals surface area (Å²) < 4.78 is 5.52. The molecule has 0 aromatic heterocycles. The standard InChI is InChI=1S/C23H34N2O3/c1-4-6-7-8-9-10-11-12-17-28-18-24-19(3)22(26)25-23(27)21-15-13-20(5-2)14-16-21/h2,13-16,19,24H,4,6-12,17-18H2,1,3H3,(H,25,26,27). The molecule has 0 saturated carbocycles. The number of ether oxygens (including phenoxy) is 1. The van der Waals surface area contributed by atoms with Gasteiger partial charge in [0.05, 0.1) is 12.8 Å². The first-order valence-corrected chi connectivity index (χ1v) is 10.3. The number of unbranched alkanes of at least 4 members (excludes halogenated alkanes) is 7. The maximum atomic E-state index is 12.1. The number of carbonyl (C=O) groups is 2. The van der Waals surface area contributed by atoms with Crippen LogP contribution in [0.1, 0.15) is 81.1 Å². The molecule has 5 heteroatoms. The van der Waals surface area contributed by atoms with Crippen LogP contribution >= 0.6 is 0 Å². The zero-order chi connectivity index (χ0) is 20.6. The summed E-state index contributed by atoms with van der Waals surface area (Å²) in [5, 5.41) is 5.35. The minimum absolute atomic E-state index is 0.288. The Labute approximate surface area is 169 Å². The molecule has 1 rings (SSSR count). The van der Waals surface area contributed by atoms with Crippen molar-refractivity contribution in [3.8, 4) is 12.3 Å². The van der Waals surface area contributed by atoms with Gasteiger partial charge in [-0.25, -0.2) is 0 Å². The molecule has 1 atom stereocenters. The van der Waals surface area contributed by atoms with Crippen molar-refractivity contribution < 1.29 is 14.3 Å². The van der Waals surface area contributed by atoms with Crippen LogP contribution in [-0.2, 0) is 9.53 Å². The lowest BCUT2D eigenvalue weighted by Crippen LogP contribution is -2.45. The largest absolute Gasteiger partial charge is 0.366 e. The van der Waals surface area contributed by atoms with Gasteiger partial charge in [0.25, 0.3) is 5.91 Å². The fourth-order valence-corrected chi connectivity index (χ4v) is 2.70. The summed E-state index contributed by atoms with van der Waals surface area (Å²) in [5.41, 5.74) is 1.08. The molecule has 2 amide bonds. The number of nitrogens with one attached hydrogen (secondary N) is 2. The van der Waals surface area contributed by atoms with Crippen LogP contribution in [0.2, 0.25) is 0 Å². The lowest BCUT2D eigenvalue weighted by molar-refractivity contribution is -0.122. The second-order valence-electron chi connectivity index (χ2n) is 6.99. The number of amides is 2. The first-order valence-electron chi connectivity index (χ1n) is 10.3. The number of hydrogen-bond donors (Lipinski definition) is 2. The normalized spacial score (nSPS) is 11.6. The van der Waals surface area contributed by atoms with E-state index in [1.54, 1.807) is 31.2 Å². The number of imide groups is 1. The highest BCUT2D eigenvalue weighted by molar-refractivity contribution is 6.06. The first-order chi connectivity index (χ1) is 13.6. The summed E-state index contributed by atoms with van der Waals surface area (Å²) in [4.78, 5) is 24.2. The molecule has 0 saturated heterocycles. The Hall–Kier alpha value is -2.16. The number of benzene rings is 1. The third kappa shape index (κ3) is 10.2. The van der Waals surface area contributed by atoms with E-state index in [4.69, 9.17) is 11.2 Å². The lowest BCUT2D eigenvalue weighted by Gasteiger charge is -2.13. The molecule has 2 N–H and O–H groups in total. The molecule has 0 radical (unpaired) electrons. The molecule has 0 bridgehead atoms. The molecule has 154 valence electrons. The molecule has 0 heterocycles. The number of rotatable bonds is 14. The van der Waals surface area contributed by atoms with E-state index in [9.17, 15) is 9.59 Å². The Bertz CT molecular complexity index is 620. The number of hydrogen-bond acceptors (Lipinski definition) is 4. The van der Waals surface area contributed by atoms with Crippen molar-refractivity contribution in [3.63, 3.8) is 0 Å². The third-order valence-corrected chi connectivity index (χ3v) is 4.58. The van der Waals surface area contributed by atoms with Crippen molar-refractivity contribution in [1.82, 2.24) is 10.6 Å². The van der Waals surface area contributed by atoms with Crippen LogP contribution in [-0.4, -0.2) is 31.2 Å². The van der Waals surface area contributed by atoms with Gasteiger partial charge in [-0.3, -0.25) is 20.2 Å². The molecule has 0 aliphatic rings. The van der Waals surface area contributed by atoms with Gasteiger partial charge in [0.2, 0.25) is 5.91 Å². The zero-order valence-corrected chi connectivity index (χ0v) is 17.3. The second kappa shape index (κ2) is 14.8. The summed E-state index contributed by atoms with van der Waals surface area (Å²) in [5.74, 6) is 1.65. The van der Waals surface area contributed by atoms with Crippen LogP contribution in [0.3, 0.4) is 0 Å². The average molecular weight is 387 g/mol. The molecule has 0 spiro atoms. The Morgan fingerprint density at radius 3 is 2.25 bits per heavy atom. The van der Waals surface area contributed by atoms with Crippen LogP contribution in [0.25, 0.3) is 0 Å². The molecule has 0 fully saturated rings. The highest BCUT2D eigenvalue weighted by Crippen LogP contribution is 2.08. The molecule has 5 nitrogen and oxygen atoms in total. The van der Waals surface area contributed by atoms with E-state index >= 15 is 0 Å². The van der Waals surface area contributed by atoms with E-state index < -0.39 is 11.9 Å². The molecule has 28 heavy (non-hydrogen) atoms. The molecule has 1 unspecified atom stereocenters. The maximum Gasteiger partial charge on any atom is 0.257 e. The van der Waals surface area contributed by atoms with Crippen LogP contribution in [0, 0.1) is 12.3 Å². The highest BCUT2D eigenvalue weighted by Gasteiger charge is 2.16. The molecule has 1 aromatic rings. The average Bonchev–Trinajstić information content (AvgIpc) is 2.71. The fourth-order valence-electron chi connectivity index (χ4n) is 2.70. The summed E-state index contributed by atoms with van der Waals surface area (Å²) in [7, 11) is 0. The summed E-state index contributed by atoms with van der Waals surface area (Å²) in [6.45, 7) is 4.89. The van der Waals surface area contributed by atoms with E-state index in [1.807, 2.05) is 0 Å². The van der Waals surface area contributed by atoms with Crippen LogP contribution in [0.15, 0.2) is 24.3 Å². The predicted octanol–water partition coefficient (Wildman–Crippen LogP) is 4.02. The van der Waals surface area contributed by atoms with Gasteiger partial charge in [0, 0.05) is 17.7 Å². The molecule has 0 aliphatic heterocycles. The maximum absolute atomic E-state index is 12.1. The van der Waals surface area contributed by atoms with Gasteiger partial charge in [0.15, 0.2) is 0 Å². The quantitative estimate of drug-likeness (QED) is 0.288. The van der Waals surface area contributed by atoms with E-state index in [0.717, 1.165) is 6.42 Å². The van der Waals surface area contributed by atoms with Crippen molar-refractivity contribution in [3.05, 3.63) is 35.4 Å². The van der Waals surface area contributed by atoms with Crippen LogP contribution in [0.4, 0.5) is 0 Å². The van der Waals surface area contributed by atoms with Crippen molar-refractivity contribution in [2.45, 2.75) is 71.3 Å².